The summed E-state index contributed by atoms with van der Waals surface area (Å²) in [6, 6.07) is 17.6. The van der Waals surface area contributed by atoms with Crippen LogP contribution in [-0.2, 0) is 11.3 Å². The molecule has 5 nitrogen and oxygen atoms in total. The summed E-state index contributed by atoms with van der Waals surface area (Å²) in [4.78, 5) is 14.5. The van der Waals surface area contributed by atoms with Crippen molar-refractivity contribution in [3.05, 3.63) is 70.7 Å². The highest BCUT2D eigenvalue weighted by Crippen LogP contribution is 2.23. The number of urea groups is 1. The third-order valence-corrected chi connectivity index (χ3v) is 4.75. The Bertz CT molecular complexity index is 688. The second kappa shape index (κ2) is 9.57. The van der Waals surface area contributed by atoms with Crippen molar-refractivity contribution in [3.63, 3.8) is 0 Å². The molecule has 1 aliphatic rings. The molecule has 2 aromatic rings. The number of hydrogen-bond donors (Lipinski definition) is 2. The van der Waals surface area contributed by atoms with Crippen molar-refractivity contribution >= 4 is 17.6 Å². The Balaban J connectivity index is 1.58. The summed E-state index contributed by atoms with van der Waals surface area (Å²) in [5.74, 6) is 0. The quantitative estimate of drug-likeness (QED) is 0.817. The van der Waals surface area contributed by atoms with Gasteiger partial charge in [0.25, 0.3) is 0 Å². The zero-order chi connectivity index (χ0) is 18.2. The van der Waals surface area contributed by atoms with Gasteiger partial charge in [0.1, 0.15) is 0 Å². The Hall–Kier alpha value is -2.08. The van der Waals surface area contributed by atoms with Gasteiger partial charge >= 0.3 is 6.03 Å². The molecular formula is C20H24ClN3O2. The van der Waals surface area contributed by atoms with Crippen molar-refractivity contribution in [3.8, 4) is 0 Å². The Labute approximate surface area is 159 Å². The van der Waals surface area contributed by atoms with Crippen molar-refractivity contribution in [1.29, 1.82) is 0 Å². The zero-order valence-corrected chi connectivity index (χ0v) is 15.4. The van der Waals surface area contributed by atoms with Crippen molar-refractivity contribution in [2.45, 2.75) is 12.6 Å². The minimum absolute atomic E-state index is 0.0960. The Morgan fingerprint density at radius 3 is 2.42 bits per heavy atom. The fourth-order valence-corrected chi connectivity index (χ4v) is 3.19. The molecule has 0 aromatic heterocycles. The molecule has 3 rings (SSSR count). The summed E-state index contributed by atoms with van der Waals surface area (Å²) in [7, 11) is 0. The van der Waals surface area contributed by atoms with E-state index in [1.165, 1.54) is 0 Å². The first kappa shape index (κ1) is 18.7. The summed E-state index contributed by atoms with van der Waals surface area (Å²) in [6.07, 6.45) is 0. The standard InChI is InChI=1S/C20H24ClN3O2/c21-18-8-6-17(7-9-18)19(24-10-12-26-13-11-24)15-23-20(25)22-14-16-4-2-1-3-5-16/h1-9,19H,10-15H2,(H2,22,23,25). The molecule has 1 aliphatic heterocycles. The smallest absolute Gasteiger partial charge is 0.315 e. The van der Waals surface area contributed by atoms with Crippen LogP contribution in [0.1, 0.15) is 17.2 Å². The van der Waals surface area contributed by atoms with E-state index < -0.39 is 0 Å². The van der Waals surface area contributed by atoms with Gasteiger partial charge in [-0.25, -0.2) is 4.79 Å². The van der Waals surface area contributed by atoms with E-state index in [1.54, 1.807) is 0 Å². The van der Waals surface area contributed by atoms with Crippen LogP contribution in [-0.4, -0.2) is 43.8 Å². The van der Waals surface area contributed by atoms with Crippen molar-refractivity contribution in [2.24, 2.45) is 0 Å². The molecule has 1 atom stereocenters. The van der Waals surface area contributed by atoms with Gasteiger partial charge in [0.05, 0.1) is 19.3 Å². The molecule has 6 heteroatoms. The maximum atomic E-state index is 12.2. The van der Waals surface area contributed by atoms with Gasteiger partial charge in [-0.3, -0.25) is 4.90 Å². The summed E-state index contributed by atoms with van der Waals surface area (Å²) >= 11 is 6.02. The Kier molecular flexibility index (Phi) is 6.89. The van der Waals surface area contributed by atoms with Crippen LogP contribution in [0, 0.1) is 0 Å². The van der Waals surface area contributed by atoms with Crippen LogP contribution in [0.4, 0.5) is 4.79 Å². The largest absolute Gasteiger partial charge is 0.379 e. The van der Waals surface area contributed by atoms with Crippen molar-refractivity contribution < 1.29 is 9.53 Å². The van der Waals surface area contributed by atoms with Gasteiger partial charge in [0.2, 0.25) is 0 Å². The first-order chi connectivity index (χ1) is 12.7. The second-order valence-electron chi connectivity index (χ2n) is 6.26. The van der Waals surface area contributed by atoms with Gasteiger partial charge in [-0.15, -0.1) is 0 Å². The normalized spacial score (nSPS) is 16.0. The maximum absolute atomic E-state index is 12.2. The van der Waals surface area contributed by atoms with Crippen LogP contribution < -0.4 is 10.6 Å². The van der Waals surface area contributed by atoms with E-state index in [0.29, 0.717) is 31.3 Å². The number of nitrogens with zero attached hydrogens (tertiary/aromatic N) is 1. The molecule has 0 aliphatic carbocycles. The van der Waals surface area contributed by atoms with Crippen molar-refractivity contribution in [1.82, 2.24) is 15.5 Å². The summed E-state index contributed by atoms with van der Waals surface area (Å²) in [5, 5.41) is 6.61. The number of benzene rings is 2. The number of carbonyl (C=O) groups is 1. The van der Waals surface area contributed by atoms with Crippen LogP contribution in [0.15, 0.2) is 54.6 Å². The van der Waals surface area contributed by atoms with Crippen LogP contribution in [0.3, 0.4) is 0 Å². The molecule has 2 N–H and O–H groups in total. The fourth-order valence-electron chi connectivity index (χ4n) is 3.06. The molecule has 0 spiro atoms. The highest BCUT2D eigenvalue weighted by molar-refractivity contribution is 6.30. The lowest BCUT2D eigenvalue weighted by atomic mass is 10.0. The molecule has 2 aromatic carbocycles. The number of amides is 2. The van der Waals surface area contributed by atoms with Gasteiger partial charge in [-0.05, 0) is 23.3 Å². The molecule has 1 unspecified atom stereocenters. The van der Waals surface area contributed by atoms with E-state index in [2.05, 4.69) is 15.5 Å². The van der Waals surface area contributed by atoms with Crippen LogP contribution in [0.25, 0.3) is 0 Å². The Morgan fingerprint density at radius 1 is 1.04 bits per heavy atom. The van der Waals surface area contributed by atoms with Gasteiger partial charge in [-0.2, -0.15) is 0 Å². The lowest BCUT2D eigenvalue weighted by Gasteiger charge is -2.35. The van der Waals surface area contributed by atoms with Gasteiger partial charge in [0.15, 0.2) is 0 Å². The third kappa shape index (κ3) is 5.46. The number of carbonyl (C=O) groups excluding carboxylic acids is 1. The molecular weight excluding hydrogens is 350 g/mol. The molecule has 138 valence electrons. The van der Waals surface area contributed by atoms with Crippen LogP contribution in [0.2, 0.25) is 5.02 Å². The average Bonchev–Trinajstić information content (AvgIpc) is 2.69. The molecule has 0 saturated carbocycles. The first-order valence-electron chi connectivity index (χ1n) is 8.85. The molecule has 1 saturated heterocycles. The van der Waals surface area contributed by atoms with E-state index in [1.807, 2.05) is 54.6 Å². The van der Waals surface area contributed by atoms with Gasteiger partial charge in [-0.1, -0.05) is 54.1 Å². The minimum Gasteiger partial charge on any atom is -0.379 e. The predicted octanol–water partition coefficient (Wildman–Crippen LogP) is 3.21. The topological polar surface area (TPSA) is 53.6 Å². The summed E-state index contributed by atoms with van der Waals surface area (Å²) in [5.41, 5.74) is 2.21. The molecule has 1 heterocycles. The number of morpholine rings is 1. The first-order valence-corrected chi connectivity index (χ1v) is 9.23. The highest BCUT2D eigenvalue weighted by Gasteiger charge is 2.23. The van der Waals surface area contributed by atoms with Gasteiger partial charge < -0.3 is 15.4 Å². The lowest BCUT2D eigenvalue weighted by molar-refractivity contribution is 0.0167. The third-order valence-electron chi connectivity index (χ3n) is 4.49. The van der Waals surface area contributed by atoms with E-state index in [-0.39, 0.29) is 12.1 Å². The monoisotopic (exact) mass is 373 g/mol. The average molecular weight is 374 g/mol. The minimum atomic E-state index is -0.166. The number of nitrogens with one attached hydrogen (secondary N) is 2. The number of rotatable bonds is 6. The van der Waals surface area contributed by atoms with E-state index in [0.717, 1.165) is 24.2 Å². The summed E-state index contributed by atoms with van der Waals surface area (Å²) in [6.45, 7) is 4.16. The second-order valence-corrected chi connectivity index (χ2v) is 6.70. The van der Waals surface area contributed by atoms with E-state index >= 15 is 0 Å². The molecule has 2 amide bonds. The maximum Gasteiger partial charge on any atom is 0.315 e. The molecule has 1 fully saturated rings. The number of halogens is 1. The van der Waals surface area contributed by atoms with Crippen molar-refractivity contribution in [2.75, 3.05) is 32.8 Å². The molecule has 0 radical (unpaired) electrons. The Morgan fingerprint density at radius 2 is 1.73 bits per heavy atom. The number of hydrogen-bond acceptors (Lipinski definition) is 3. The fraction of sp³-hybridized carbons (Fsp3) is 0.350. The lowest BCUT2D eigenvalue weighted by Crippen LogP contribution is -2.45. The predicted molar refractivity (Wildman–Crippen MR) is 103 cm³/mol. The zero-order valence-electron chi connectivity index (χ0n) is 14.7. The van der Waals surface area contributed by atoms with Crippen LogP contribution in [0.5, 0.6) is 0 Å². The van der Waals surface area contributed by atoms with Gasteiger partial charge in [0, 0.05) is 31.2 Å². The molecule has 26 heavy (non-hydrogen) atoms. The SMILES string of the molecule is O=C(NCc1ccccc1)NCC(c1ccc(Cl)cc1)N1CCOCC1. The van der Waals surface area contributed by atoms with E-state index in [4.69, 9.17) is 16.3 Å². The molecule has 0 bridgehead atoms. The highest BCUT2D eigenvalue weighted by atomic mass is 35.5. The van der Waals surface area contributed by atoms with Crippen LogP contribution >= 0.6 is 11.6 Å². The number of ether oxygens (including phenoxy) is 1. The summed E-state index contributed by atoms with van der Waals surface area (Å²) < 4.78 is 5.46. The van der Waals surface area contributed by atoms with E-state index in [9.17, 15) is 4.79 Å².